The molecule has 0 aliphatic heterocycles. The first kappa shape index (κ1) is 17.0. The number of hydrogen-bond acceptors (Lipinski definition) is 1. The van der Waals surface area contributed by atoms with Gasteiger partial charge in [0.05, 0.1) is 0 Å². The average molecular weight is 360 g/mol. The normalized spacial score (nSPS) is 31.6. The summed E-state index contributed by atoms with van der Waals surface area (Å²) in [6.45, 7) is 0. The largest absolute Gasteiger partial charge is 0.378 e. The lowest BCUT2D eigenvalue weighted by molar-refractivity contribution is -0.776. The third-order valence-corrected chi connectivity index (χ3v) is 7.29. The van der Waals surface area contributed by atoms with Crippen LogP contribution in [0.2, 0.25) is 0 Å². The number of benzene rings is 1. The summed E-state index contributed by atoms with van der Waals surface area (Å²) in [5, 5.41) is 0. The fourth-order valence-corrected chi connectivity index (χ4v) is 6.32. The molecule has 4 saturated carbocycles. The van der Waals surface area contributed by atoms with Gasteiger partial charge in [-0.05, 0) is 60.3 Å². The van der Waals surface area contributed by atoms with Gasteiger partial charge >= 0.3 is 0 Å². The molecule has 0 saturated heterocycles. The maximum Gasteiger partial charge on any atom is 0.169 e. The smallest absolute Gasteiger partial charge is 0.169 e. The highest BCUT2D eigenvalue weighted by atomic mass is 15.1. The van der Waals surface area contributed by atoms with Crippen LogP contribution in [0.25, 0.3) is 12.2 Å². The van der Waals surface area contributed by atoms with Crippen LogP contribution in [0.5, 0.6) is 0 Å². The van der Waals surface area contributed by atoms with Crippen molar-refractivity contribution in [3.05, 3.63) is 59.9 Å². The zero-order chi connectivity index (χ0) is 18.4. The van der Waals surface area contributed by atoms with Gasteiger partial charge in [0.2, 0.25) is 0 Å². The molecule has 2 heteroatoms. The average Bonchev–Trinajstić information content (AvgIpc) is 2.66. The summed E-state index contributed by atoms with van der Waals surface area (Å²) in [6.07, 6.45) is 17.9. The molecule has 4 bridgehead atoms. The molecule has 27 heavy (non-hydrogen) atoms. The van der Waals surface area contributed by atoms with Gasteiger partial charge in [0.15, 0.2) is 17.9 Å². The monoisotopic (exact) mass is 359 g/mol. The second-order valence-corrected chi connectivity index (χ2v) is 9.50. The van der Waals surface area contributed by atoms with E-state index in [0.29, 0.717) is 5.54 Å². The van der Waals surface area contributed by atoms with Crippen LogP contribution in [0, 0.1) is 17.8 Å². The van der Waals surface area contributed by atoms with E-state index >= 15 is 0 Å². The van der Waals surface area contributed by atoms with E-state index in [0.717, 1.165) is 17.8 Å². The molecule has 2 nitrogen and oxygen atoms in total. The minimum atomic E-state index is 0.430. The predicted octanol–water partition coefficient (Wildman–Crippen LogP) is 5.14. The zero-order valence-corrected chi connectivity index (χ0v) is 16.6. The van der Waals surface area contributed by atoms with E-state index in [1.807, 2.05) is 0 Å². The Morgan fingerprint density at radius 1 is 0.778 bits per heavy atom. The quantitative estimate of drug-likeness (QED) is 0.686. The summed E-state index contributed by atoms with van der Waals surface area (Å²) in [5.41, 5.74) is 4.20. The third-order valence-electron chi connectivity index (χ3n) is 7.29. The number of aromatic nitrogens is 1. The molecule has 0 radical (unpaired) electrons. The molecule has 0 N–H and O–H groups in total. The van der Waals surface area contributed by atoms with Crippen molar-refractivity contribution in [2.45, 2.75) is 44.1 Å². The Labute approximate surface area is 163 Å². The van der Waals surface area contributed by atoms with Crippen molar-refractivity contribution in [1.82, 2.24) is 0 Å². The molecule has 140 valence electrons. The van der Waals surface area contributed by atoms with E-state index in [1.165, 1.54) is 55.3 Å². The van der Waals surface area contributed by atoms with Crippen LogP contribution >= 0.6 is 0 Å². The van der Waals surface area contributed by atoms with Gasteiger partial charge in [0, 0.05) is 51.2 Å². The minimum absolute atomic E-state index is 0.430. The van der Waals surface area contributed by atoms with Crippen molar-refractivity contribution in [3.63, 3.8) is 0 Å². The Morgan fingerprint density at radius 2 is 1.26 bits per heavy atom. The highest BCUT2D eigenvalue weighted by Gasteiger charge is 2.56. The van der Waals surface area contributed by atoms with Gasteiger partial charge in [-0.15, -0.1) is 0 Å². The van der Waals surface area contributed by atoms with E-state index in [2.05, 4.69) is 84.5 Å². The summed E-state index contributed by atoms with van der Waals surface area (Å²) in [6, 6.07) is 13.3. The summed E-state index contributed by atoms with van der Waals surface area (Å²) < 4.78 is 2.57. The SMILES string of the molecule is CN(C)c1ccc(/C=C/c2cc[n+](C34CC5CC(CC(C5)C3)C4)cc2)cc1. The Hall–Kier alpha value is -2.09. The van der Waals surface area contributed by atoms with E-state index < -0.39 is 0 Å². The van der Waals surface area contributed by atoms with Crippen molar-refractivity contribution in [1.29, 1.82) is 0 Å². The van der Waals surface area contributed by atoms with Crippen LogP contribution < -0.4 is 9.47 Å². The first-order chi connectivity index (χ1) is 13.1. The highest BCUT2D eigenvalue weighted by Crippen LogP contribution is 2.56. The standard InChI is InChI=1S/C25H31N2/c1-26(2)24-7-5-19(6-8-24)3-4-20-9-11-27(12-10-20)25-16-21-13-22(17-25)15-23(14-21)18-25/h3-12,21-23H,13-18H2,1-2H3/q+1. The molecule has 1 heterocycles. The topological polar surface area (TPSA) is 7.12 Å². The number of anilines is 1. The van der Waals surface area contributed by atoms with Gasteiger partial charge in [0.25, 0.3) is 0 Å². The summed E-state index contributed by atoms with van der Waals surface area (Å²) in [5.74, 6) is 2.98. The summed E-state index contributed by atoms with van der Waals surface area (Å²) in [4.78, 5) is 2.13. The van der Waals surface area contributed by atoms with Gasteiger partial charge in [-0.2, -0.15) is 4.57 Å². The molecule has 1 aromatic heterocycles. The molecule has 0 amide bonds. The second kappa shape index (κ2) is 6.51. The van der Waals surface area contributed by atoms with Crippen molar-refractivity contribution < 1.29 is 4.57 Å². The first-order valence-corrected chi connectivity index (χ1v) is 10.6. The molecule has 2 aromatic rings. The van der Waals surface area contributed by atoms with E-state index in [-0.39, 0.29) is 0 Å². The Morgan fingerprint density at radius 3 is 1.74 bits per heavy atom. The first-order valence-electron chi connectivity index (χ1n) is 10.6. The Balaban J connectivity index is 1.32. The van der Waals surface area contributed by atoms with Gasteiger partial charge < -0.3 is 4.90 Å². The molecule has 4 aliphatic carbocycles. The number of rotatable bonds is 4. The maximum absolute atomic E-state index is 2.57. The molecule has 0 spiro atoms. The van der Waals surface area contributed by atoms with E-state index in [1.54, 1.807) is 0 Å². The van der Waals surface area contributed by atoms with Crippen molar-refractivity contribution >= 4 is 17.8 Å². The van der Waals surface area contributed by atoms with Gasteiger partial charge in [-0.25, -0.2) is 0 Å². The molecular weight excluding hydrogens is 328 g/mol. The lowest BCUT2D eigenvalue weighted by atomic mass is 9.53. The molecule has 0 atom stereocenters. The number of nitrogens with zero attached hydrogens (tertiary/aromatic N) is 2. The van der Waals surface area contributed by atoms with Crippen LogP contribution in [0.4, 0.5) is 5.69 Å². The second-order valence-electron chi connectivity index (χ2n) is 9.50. The Bertz CT molecular complexity index is 794. The number of hydrogen-bond donors (Lipinski definition) is 0. The van der Waals surface area contributed by atoms with Gasteiger partial charge in [-0.3, -0.25) is 0 Å². The summed E-state index contributed by atoms with van der Waals surface area (Å²) >= 11 is 0. The van der Waals surface area contributed by atoms with E-state index in [9.17, 15) is 0 Å². The van der Waals surface area contributed by atoms with Gasteiger partial charge in [-0.1, -0.05) is 24.3 Å². The third kappa shape index (κ3) is 3.20. The molecule has 1 aromatic carbocycles. The van der Waals surface area contributed by atoms with Crippen LogP contribution in [0.3, 0.4) is 0 Å². The lowest BCUT2D eigenvalue weighted by Crippen LogP contribution is -2.64. The van der Waals surface area contributed by atoms with Crippen LogP contribution in [0.1, 0.15) is 49.7 Å². The van der Waals surface area contributed by atoms with Crippen LogP contribution in [0.15, 0.2) is 48.8 Å². The van der Waals surface area contributed by atoms with Gasteiger partial charge in [0.1, 0.15) is 0 Å². The number of pyridine rings is 1. The molecule has 6 rings (SSSR count). The van der Waals surface area contributed by atoms with E-state index in [4.69, 9.17) is 0 Å². The fourth-order valence-electron chi connectivity index (χ4n) is 6.32. The lowest BCUT2D eigenvalue weighted by Gasteiger charge is -2.53. The Kier molecular flexibility index (Phi) is 4.11. The minimum Gasteiger partial charge on any atom is -0.378 e. The molecule has 4 fully saturated rings. The molecular formula is C25H31N2+. The molecule has 4 aliphatic rings. The van der Waals surface area contributed by atoms with Crippen molar-refractivity contribution in [3.8, 4) is 0 Å². The van der Waals surface area contributed by atoms with Crippen molar-refractivity contribution in [2.24, 2.45) is 17.8 Å². The highest BCUT2D eigenvalue weighted by molar-refractivity contribution is 5.70. The zero-order valence-electron chi connectivity index (χ0n) is 16.6. The molecule has 0 unspecified atom stereocenters. The van der Waals surface area contributed by atoms with Crippen LogP contribution in [-0.4, -0.2) is 14.1 Å². The predicted molar refractivity (Wildman–Crippen MR) is 112 cm³/mol. The fraction of sp³-hybridized carbons (Fsp3) is 0.480. The van der Waals surface area contributed by atoms with Crippen molar-refractivity contribution in [2.75, 3.05) is 19.0 Å². The maximum atomic E-state index is 2.57. The van der Waals surface area contributed by atoms with Crippen LogP contribution in [-0.2, 0) is 5.54 Å². The summed E-state index contributed by atoms with van der Waals surface area (Å²) in [7, 11) is 4.15.